The van der Waals surface area contributed by atoms with Gasteiger partial charge < -0.3 is 9.52 Å². The molecule has 0 saturated carbocycles. The highest BCUT2D eigenvalue weighted by Crippen LogP contribution is 2.28. The van der Waals surface area contributed by atoms with Crippen molar-refractivity contribution in [2.75, 3.05) is 0 Å². The standard InChI is InChI=1S/C13H14O3S/c1-8(2)17-7-9-6-16-12-10(9)4-3-5-11(12)13(14)15/h3-6,8H,7H2,1-2H3,(H,14,15). The smallest absolute Gasteiger partial charge is 0.339 e. The van der Waals surface area contributed by atoms with Gasteiger partial charge >= 0.3 is 5.97 Å². The fourth-order valence-electron chi connectivity index (χ4n) is 1.65. The minimum absolute atomic E-state index is 0.225. The van der Waals surface area contributed by atoms with E-state index in [9.17, 15) is 4.79 Å². The normalized spacial score (nSPS) is 11.2. The lowest BCUT2D eigenvalue weighted by molar-refractivity contribution is 0.0698. The Labute approximate surface area is 104 Å². The van der Waals surface area contributed by atoms with Crippen molar-refractivity contribution in [3.05, 3.63) is 35.6 Å². The van der Waals surface area contributed by atoms with E-state index in [1.54, 1.807) is 18.4 Å². The van der Waals surface area contributed by atoms with Crippen molar-refractivity contribution in [2.45, 2.75) is 24.9 Å². The number of benzene rings is 1. The van der Waals surface area contributed by atoms with Gasteiger partial charge in [-0.2, -0.15) is 11.8 Å². The SMILES string of the molecule is CC(C)SCc1coc2c(C(=O)O)cccc12. The molecular formula is C13H14O3S. The van der Waals surface area contributed by atoms with Crippen LogP contribution >= 0.6 is 11.8 Å². The maximum atomic E-state index is 11.0. The number of carbonyl (C=O) groups is 1. The average Bonchev–Trinajstić information content (AvgIpc) is 2.68. The van der Waals surface area contributed by atoms with Crippen LogP contribution in [0.4, 0.5) is 0 Å². The molecule has 0 fully saturated rings. The number of carboxylic acid groups (broad SMARTS) is 1. The summed E-state index contributed by atoms with van der Waals surface area (Å²) in [5, 5.41) is 10.5. The zero-order valence-corrected chi connectivity index (χ0v) is 10.6. The Morgan fingerprint density at radius 2 is 2.24 bits per heavy atom. The van der Waals surface area contributed by atoms with Gasteiger partial charge in [-0.15, -0.1) is 0 Å². The molecule has 1 N–H and O–H groups in total. The molecule has 0 unspecified atom stereocenters. The molecule has 1 aromatic heterocycles. The molecule has 0 spiro atoms. The zero-order valence-electron chi connectivity index (χ0n) is 9.77. The molecular weight excluding hydrogens is 236 g/mol. The maximum absolute atomic E-state index is 11.0. The van der Waals surface area contributed by atoms with Crippen molar-refractivity contribution >= 4 is 28.7 Å². The minimum Gasteiger partial charge on any atom is -0.478 e. The first kappa shape index (κ1) is 12.0. The first-order valence-electron chi connectivity index (χ1n) is 5.43. The number of hydrogen-bond donors (Lipinski definition) is 1. The summed E-state index contributed by atoms with van der Waals surface area (Å²) in [6.45, 7) is 4.27. The van der Waals surface area contributed by atoms with Gasteiger partial charge in [-0.1, -0.05) is 26.0 Å². The number of furan rings is 1. The van der Waals surface area contributed by atoms with Crippen LogP contribution in [0.1, 0.15) is 29.8 Å². The van der Waals surface area contributed by atoms with Crippen LogP contribution in [0.3, 0.4) is 0 Å². The molecule has 0 bridgehead atoms. The van der Waals surface area contributed by atoms with Gasteiger partial charge in [-0.05, 0) is 11.3 Å². The van der Waals surface area contributed by atoms with E-state index in [1.165, 1.54) is 0 Å². The van der Waals surface area contributed by atoms with Crippen LogP contribution in [0.5, 0.6) is 0 Å². The van der Waals surface area contributed by atoms with Crippen molar-refractivity contribution in [1.29, 1.82) is 0 Å². The lowest BCUT2D eigenvalue weighted by Crippen LogP contribution is -1.96. The summed E-state index contributed by atoms with van der Waals surface area (Å²) < 4.78 is 5.38. The molecule has 3 nitrogen and oxygen atoms in total. The van der Waals surface area contributed by atoms with E-state index in [2.05, 4.69) is 13.8 Å². The molecule has 0 aliphatic rings. The third-order valence-electron chi connectivity index (χ3n) is 2.48. The summed E-state index contributed by atoms with van der Waals surface area (Å²) in [7, 11) is 0. The van der Waals surface area contributed by atoms with Crippen LogP contribution in [0.25, 0.3) is 11.0 Å². The van der Waals surface area contributed by atoms with Crippen LogP contribution < -0.4 is 0 Å². The number of hydrogen-bond acceptors (Lipinski definition) is 3. The Hall–Kier alpha value is -1.42. The Balaban J connectivity index is 2.40. The first-order chi connectivity index (χ1) is 8.09. The third-order valence-corrected chi connectivity index (χ3v) is 3.63. The van der Waals surface area contributed by atoms with Crippen molar-refractivity contribution in [2.24, 2.45) is 0 Å². The first-order valence-corrected chi connectivity index (χ1v) is 6.48. The quantitative estimate of drug-likeness (QED) is 0.897. The molecule has 0 aliphatic heterocycles. The van der Waals surface area contributed by atoms with E-state index in [1.807, 2.05) is 17.8 Å². The number of para-hydroxylation sites is 1. The fraction of sp³-hybridized carbons (Fsp3) is 0.308. The summed E-state index contributed by atoms with van der Waals surface area (Å²) in [5.41, 5.74) is 1.75. The van der Waals surface area contributed by atoms with E-state index in [0.717, 1.165) is 16.7 Å². The van der Waals surface area contributed by atoms with Crippen LogP contribution in [0.2, 0.25) is 0 Å². The van der Waals surface area contributed by atoms with Gasteiger partial charge in [-0.3, -0.25) is 0 Å². The summed E-state index contributed by atoms with van der Waals surface area (Å²) in [5.74, 6) is -0.110. The molecule has 90 valence electrons. The molecule has 17 heavy (non-hydrogen) atoms. The van der Waals surface area contributed by atoms with Crippen molar-refractivity contribution in [3.63, 3.8) is 0 Å². The highest BCUT2D eigenvalue weighted by atomic mass is 32.2. The number of rotatable bonds is 4. The van der Waals surface area contributed by atoms with E-state index < -0.39 is 5.97 Å². The Morgan fingerprint density at radius 3 is 2.88 bits per heavy atom. The van der Waals surface area contributed by atoms with E-state index in [0.29, 0.717) is 10.8 Å². The van der Waals surface area contributed by atoms with Crippen molar-refractivity contribution < 1.29 is 14.3 Å². The molecule has 0 saturated heterocycles. The summed E-state index contributed by atoms with van der Waals surface area (Å²) >= 11 is 1.81. The molecule has 0 amide bonds. The maximum Gasteiger partial charge on any atom is 0.339 e. The van der Waals surface area contributed by atoms with Crippen LogP contribution in [-0.4, -0.2) is 16.3 Å². The predicted molar refractivity (Wildman–Crippen MR) is 69.6 cm³/mol. The molecule has 0 aliphatic carbocycles. The van der Waals surface area contributed by atoms with Crippen molar-refractivity contribution in [1.82, 2.24) is 0 Å². The van der Waals surface area contributed by atoms with E-state index >= 15 is 0 Å². The predicted octanol–water partition coefficient (Wildman–Crippen LogP) is 3.77. The van der Waals surface area contributed by atoms with Crippen LogP contribution in [-0.2, 0) is 5.75 Å². The van der Waals surface area contributed by atoms with Crippen LogP contribution in [0.15, 0.2) is 28.9 Å². The number of fused-ring (bicyclic) bond motifs is 1. The highest BCUT2D eigenvalue weighted by Gasteiger charge is 2.14. The Morgan fingerprint density at radius 1 is 1.47 bits per heavy atom. The van der Waals surface area contributed by atoms with Gasteiger partial charge in [0.25, 0.3) is 0 Å². The number of carboxylic acids is 1. The second kappa shape index (κ2) is 4.84. The highest BCUT2D eigenvalue weighted by molar-refractivity contribution is 7.99. The second-order valence-corrected chi connectivity index (χ2v) is 5.67. The number of aromatic carboxylic acids is 1. The summed E-state index contributed by atoms with van der Waals surface area (Å²) in [6.07, 6.45) is 1.66. The summed E-state index contributed by atoms with van der Waals surface area (Å²) in [6, 6.07) is 5.22. The zero-order chi connectivity index (χ0) is 12.4. The Kier molecular flexibility index (Phi) is 3.43. The molecule has 0 atom stereocenters. The fourth-order valence-corrected chi connectivity index (χ4v) is 2.38. The molecule has 1 heterocycles. The van der Waals surface area contributed by atoms with Gasteiger partial charge in [0.1, 0.15) is 11.1 Å². The van der Waals surface area contributed by atoms with Gasteiger partial charge in [-0.25, -0.2) is 4.79 Å². The van der Waals surface area contributed by atoms with Gasteiger partial charge in [0.15, 0.2) is 0 Å². The molecule has 2 aromatic rings. The lowest BCUT2D eigenvalue weighted by atomic mass is 10.1. The molecule has 0 radical (unpaired) electrons. The van der Waals surface area contributed by atoms with Gasteiger partial charge in [0.2, 0.25) is 0 Å². The third kappa shape index (κ3) is 2.47. The second-order valence-electron chi connectivity index (χ2n) is 4.11. The Bertz CT molecular complexity index is 543. The lowest BCUT2D eigenvalue weighted by Gasteiger charge is -2.02. The van der Waals surface area contributed by atoms with Gasteiger partial charge in [0.05, 0.1) is 6.26 Å². The molecule has 4 heteroatoms. The molecule has 2 rings (SSSR count). The number of thioether (sulfide) groups is 1. The monoisotopic (exact) mass is 250 g/mol. The van der Waals surface area contributed by atoms with Crippen LogP contribution in [0, 0.1) is 0 Å². The van der Waals surface area contributed by atoms with E-state index in [-0.39, 0.29) is 5.56 Å². The topological polar surface area (TPSA) is 50.4 Å². The average molecular weight is 250 g/mol. The van der Waals surface area contributed by atoms with E-state index in [4.69, 9.17) is 9.52 Å². The minimum atomic E-state index is -0.951. The largest absolute Gasteiger partial charge is 0.478 e. The van der Waals surface area contributed by atoms with Crippen molar-refractivity contribution in [3.8, 4) is 0 Å². The van der Waals surface area contributed by atoms with Gasteiger partial charge in [0, 0.05) is 16.7 Å². The molecule has 1 aromatic carbocycles. The summed E-state index contributed by atoms with van der Waals surface area (Å²) in [4.78, 5) is 11.0.